The molecule has 0 saturated heterocycles. The van der Waals surface area contributed by atoms with Crippen molar-refractivity contribution in [2.75, 3.05) is 33.3 Å². The highest BCUT2D eigenvalue weighted by Crippen LogP contribution is 2.35. The Hall–Kier alpha value is -4.45. The van der Waals surface area contributed by atoms with Crippen LogP contribution in [0.4, 0.5) is 5.69 Å². The molecule has 1 atom stereocenters. The summed E-state index contributed by atoms with van der Waals surface area (Å²) < 4.78 is 17.8. The lowest BCUT2D eigenvalue weighted by Crippen LogP contribution is -2.22. The van der Waals surface area contributed by atoms with Crippen LogP contribution in [0.25, 0.3) is 33.5 Å². The third-order valence-corrected chi connectivity index (χ3v) is 5.56. The van der Waals surface area contributed by atoms with Crippen molar-refractivity contribution < 1.29 is 14.2 Å². The summed E-state index contributed by atoms with van der Waals surface area (Å²) in [5, 5.41) is 7.97. The third-order valence-electron chi connectivity index (χ3n) is 5.56. The van der Waals surface area contributed by atoms with Crippen LogP contribution in [0.3, 0.4) is 0 Å². The molecule has 12 heteroatoms. The van der Waals surface area contributed by atoms with E-state index in [0.29, 0.717) is 56.5 Å². The van der Waals surface area contributed by atoms with Gasteiger partial charge in [-0.25, -0.2) is 15.0 Å². The average Bonchev–Trinajstić information content (AvgIpc) is 3.44. The number of aryl methyl sites for hydroxylation is 1. The molecule has 35 heavy (non-hydrogen) atoms. The zero-order valence-electron chi connectivity index (χ0n) is 19.6. The van der Waals surface area contributed by atoms with Crippen molar-refractivity contribution in [2.24, 2.45) is 7.05 Å². The van der Waals surface area contributed by atoms with Crippen LogP contribution in [0.15, 0.2) is 41.6 Å². The van der Waals surface area contributed by atoms with E-state index in [-0.39, 0.29) is 12.2 Å². The van der Waals surface area contributed by atoms with Gasteiger partial charge in [-0.1, -0.05) is 0 Å². The molecule has 4 aromatic heterocycles. The number of hydrogen-bond donors (Lipinski definition) is 3. The first-order chi connectivity index (χ1) is 17.0. The molecule has 0 radical (unpaired) electrons. The van der Waals surface area contributed by atoms with Gasteiger partial charge >= 0.3 is 0 Å². The third kappa shape index (κ3) is 4.04. The Morgan fingerprint density at radius 1 is 1.06 bits per heavy atom. The van der Waals surface area contributed by atoms with Crippen molar-refractivity contribution in [3.63, 3.8) is 0 Å². The molecular weight excluding hydrogens is 452 g/mol. The van der Waals surface area contributed by atoms with Gasteiger partial charge < -0.3 is 29.5 Å². The fourth-order valence-corrected chi connectivity index (χ4v) is 4.02. The average molecular weight is 476 g/mol. The van der Waals surface area contributed by atoms with E-state index in [9.17, 15) is 4.79 Å². The van der Waals surface area contributed by atoms with Gasteiger partial charge in [0, 0.05) is 44.9 Å². The summed E-state index contributed by atoms with van der Waals surface area (Å²) in [4.78, 5) is 32.9. The topological polar surface area (TPSA) is 145 Å². The minimum Gasteiger partial charge on any atom is -0.493 e. The highest BCUT2D eigenvalue weighted by atomic mass is 16.5. The van der Waals surface area contributed by atoms with Gasteiger partial charge in [-0.3, -0.25) is 9.48 Å². The fourth-order valence-electron chi connectivity index (χ4n) is 4.02. The van der Waals surface area contributed by atoms with E-state index in [2.05, 4.69) is 35.3 Å². The number of hydrogen-bond acceptors (Lipinski definition) is 9. The van der Waals surface area contributed by atoms with Gasteiger partial charge in [0.1, 0.15) is 22.9 Å². The lowest BCUT2D eigenvalue weighted by atomic mass is 10.1. The first-order valence-corrected chi connectivity index (χ1v) is 10.8. The number of nitrogens with one attached hydrogen (secondary N) is 3. The molecule has 5 aromatic rings. The van der Waals surface area contributed by atoms with Crippen molar-refractivity contribution in [3.05, 3.63) is 53.0 Å². The molecule has 0 amide bonds. The predicted octanol–water partition coefficient (Wildman–Crippen LogP) is 2.41. The first kappa shape index (κ1) is 22.3. The number of pyridine rings is 1. The number of aromatic amines is 2. The van der Waals surface area contributed by atoms with E-state index in [1.54, 1.807) is 69.8 Å². The molecule has 0 saturated carbocycles. The van der Waals surface area contributed by atoms with Crippen LogP contribution in [0.5, 0.6) is 11.5 Å². The number of nitrogens with zero attached hydrogens (tertiary/aromatic N) is 5. The number of aromatic nitrogens is 7. The van der Waals surface area contributed by atoms with Gasteiger partial charge in [-0.15, -0.1) is 0 Å². The summed E-state index contributed by atoms with van der Waals surface area (Å²) in [6, 6.07) is 4.81. The SMILES string of the molecule is COC[C@H](Nc1c(-c2nc3cc(OC)c(OC)cc3[nH]2)c(=O)[nH]c2cn(C)nc12)c1ncccn1. The fraction of sp³-hybridized carbons (Fsp3) is 0.261. The van der Waals surface area contributed by atoms with Crippen LogP contribution in [-0.2, 0) is 11.8 Å². The highest BCUT2D eigenvalue weighted by molar-refractivity contribution is 5.96. The lowest BCUT2D eigenvalue weighted by molar-refractivity contribution is 0.184. The van der Waals surface area contributed by atoms with Crippen LogP contribution in [0, 0.1) is 0 Å². The van der Waals surface area contributed by atoms with Crippen molar-refractivity contribution in [1.82, 2.24) is 34.7 Å². The summed E-state index contributed by atoms with van der Waals surface area (Å²) in [6.07, 6.45) is 5.05. The van der Waals surface area contributed by atoms with E-state index in [1.807, 2.05) is 0 Å². The maximum absolute atomic E-state index is 13.4. The van der Waals surface area contributed by atoms with Gasteiger partial charge in [0.25, 0.3) is 5.56 Å². The smallest absolute Gasteiger partial charge is 0.261 e. The summed E-state index contributed by atoms with van der Waals surface area (Å²) in [5.74, 6) is 1.95. The number of anilines is 1. The minimum atomic E-state index is -0.448. The summed E-state index contributed by atoms with van der Waals surface area (Å²) in [7, 11) is 6.49. The van der Waals surface area contributed by atoms with Gasteiger partial charge in [-0.05, 0) is 6.07 Å². The quantitative estimate of drug-likeness (QED) is 0.307. The number of benzene rings is 1. The molecule has 0 bridgehead atoms. The molecule has 180 valence electrons. The summed E-state index contributed by atoms with van der Waals surface area (Å²) >= 11 is 0. The number of fused-ring (bicyclic) bond motifs is 2. The lowest BCUT2D eigenvalue weighted by Gasteiger charge is -2.19. The molecule has 1 aromatic carbocycles. The minimum absolute atomic E-state index is 0.263. The molecule has 0 fully saturated rings. The molecular formula is C23H24N8O4. The molecule has 0 aliphatic carbocycles. The second-order valence-corrected chi connectivity index (χ2v) is 7.84. The number of methoxy groups -OCH3 is 3. The molecule has 3 N–H and O–H groups in total. The molecule has 0 aliphatic rings. The second-order valence-electron chi connectivity index (χ2n) is 7.84. The number of rotatable bonds is 8. The van der Waals surface area contributed by atoms with Crippen LogP contribution in [-0.4, -0.2) is 62.6 Å². The maximum Gasteiger partial charge on any atom is 0.261 e. The maximum atomic E-state index is 13.4. The van der Waals surface area contributed by atoms with Crippen molar-refractivity contribution in [1.29, 1.82) is 0 Å². The largest absolute Gasteiger partial charge is 0.493 e. The highest BCUT2D eigenvalue weighted by Gasteiger charge is 2.24. The molecule has 0 unspecified atom stereocenters. The second kappa shape index (κ2) is 9.06. The van der Waals surface area contributed by atoms with Crippen LogP contribution >= 0.6 is 0 Å². The van der Waals surface area contributed by atoms with Gasteiger partial charge in [0.05, 0.1) is 43.1 Å². The van der Waals surface area contributed by atoms with Crippen LogP contribution in [0.1, 0.15) is 11.9 Å². The van der Waals surface area contributed by atoms with E-state index in [4.69, 9.17) is 14.2 Å². The van der Waals surface area contributed by atoms with Gasteiger partial charge in [0.15, 0.2) is 17.3 Å². The Bertz CT molecular complexity index is 1520. The first-order valence-electron chi connectivity index (χ1n) is 10.8. The van der Waals surface area contributed by atoms with Gasteiger partial charge in [0.2, 0.25) is 0 Å². The number of imidazole rings is 1. The monoisotopic (exact) mass is 476 g/mol. The molecule has 0 aliphatic heterocycles. The number of H-pyrrole nitrogens is 2. The van der Waals surface area contributed by atoms with Crippen molar-refractivity contribution in [2.45, 2.75) is 6.04 Å². The van der Waals surface area contributed by atoms with Crippen molar-refractivity contribution >= 4 is 27.8 Å². The van der Waals surface area contributed by atoms with Crippen molar-refractivity contribution in [3.8, 4) is 22.9 Å². The Balaban J connectivity index is 1.72. The van der Waals surface area contributed by atoms with E-state index < -0.39 is 6.04 Å². The zero-order chi connectivity index (χ0) is 24.5. The molecule has 12 nitrogen and oxygen atoms in total. The zero-order valence-corrected chi connectivity index (χ0v) is 19.6. The van der Waals surface area contributed by atoms with E-state index in [1.165, 1.54) is 0 Å². The Kier molecular flexibility index (Phi) is 5.79. The normalized spacial score (nSPS) is 12.2. The van der Waals surface area contributed by atoms with Crippen LogP contribution in [0.2, 0.25) is 0 Å². The van der Waals surface area contributed by atoms with E-state index in [0.717, 1.165) is 0 Å². The standard InChI is InChI=1S/C23H24N8O4/c1-31-10-14-19(30-31)20(26-15(11-33-2)21-24-6-5-7-25-21)18(23(32)29-14)22-27-12-8-16(34-3)17(35-4)9-13(12)28-22/h5-10,15,26H,11H2,1-4H3,(H,27,28)(H,29,32)/t15-/m0/s1. The predicted molar refractivity (Wildman–Crippen MR) is 130 cm³/mol. The molecule has 5 rings (SSSR count). The number of ether oxygens (including phenoxy) is 3. The van der Waals surface area contributed by atoms with E-state index >= 15 is 0 Å². The summed E-state index contributed by atoms with van der Waals surface area (Å²) in [6.45, 7) is 0.263. The molecule has 0 spiro atoms. The Morgan fingerprint density at radius 2 is 1.80 bits per heavy atom. The Labute approximate surface area is 199 Å². The summed E-state index contributed by atoms with van der Waals surface area (Å²) in [5.41, 5.74) is 2.88. The Morgan fingerprint density at radius 3 is 2.51 bits per heavy atom. The van der Waals surface area contributed by atoms with Gasteiger partial charge in [-0.2, -0.15) is 5.10 Å². The molecule has 4 heterocycles. The van der Waals surface area contributed by atoms with Crippen LogP contribution < -0.4 is 20.3 Å².